The molecule has 5 nitrogen and oxygen atoms in total. The maximum Gasteiger partial charge on any atom is 0.243 e. The molecule has 0 saturated heterocycles. The summed E-state index contributed by atoms with van der Waals surface area (Å²) in [6, 6.07) is 6.74. The Balaban J connectivity index is 3.09. The average molecular weight is 314 g/mol. The van der Waals surface area contributed by atoms with Crippen LogP contribution >= 0.6 is 0 Å². The summed E-state index contributed by atoms with van der Waals surface area (Å²) in [7, 11) is -3.58. The predicted octanol–water partition coefficient (Wildman–Crippen LogP) is 1.36. The van der Waals surface area contributed by atoms with E-state index in [-0.39, 0.29) is 24.1 Å². The van der Waals surface area contributed by atoms with E-state index in [1.54, 1.807) is 24.3 Å². The second-order valence-corrected chi connectivity index (χ2v) is 6.88. The van der Waals surface area contributed by atoms with Crippen LogP contribution in [-0.2, 0) is 16.4 Å². The van der Waals surface area contributed by atoms with Gasteiger partial charge in [-0.3, -0.25) is 0 Å². The van der Waals surface area contributed by atoms with E-state index in [1.165, 1.54) is 4.31 Å². The van der Waals surface area contributed by atoms with E-state index in [9.17, 15) is 13.5 Å². The molecule has 21 heavy (non-hydrogen) atoms. The third-order valence-corrected chi connectivity index (χ3v) is 5.60. The predicted molar refractivity (Wildman–Crippen MR) is 84.5 cm³/mol. The summed E-state index contributed by atoms with van der Waals surface area (Å²) < 4.78 is 26.9. The van der Waals surface area contributed by atoms with Crippen LogP contribution in [0.3, 0.4) is 0 Å². The van der Waals surface area contributed by atoms with Gasteiger partial charge in [0.05, 0.1) is 11.5 Å². The molecule has 1 aromatic carbocycles. The van der Waals surface area contributed by atoms with Crippen LogP contribution in [0.25, 0.3) is 0 Å². The van der Waals surface area contributed by atoms with Crippen molar-refractivity contribution in [3.63, 3.8) is 0 Å². The van der Waals surface area contributed by atoms with Gasteiger partial charge in [-0.15, -0.1) is 0 Å². The number of aliphatic hydroxyl groups excluding tert-OH is 1. The Labute approximate surface area is 127 Å². The number of hydrogen-bond acceptors (Lipinski definition) is 4. The summed E-state index contributed by atoms with van der Waals surface area (Å²) in [5.41, 5.74) is 6.51. The van der Waals surface area contributed by atoms with E-state index in [0.29, 0.717) is 6.54 Å². The van der Waals surface area contributed by atoms with Crippen molar-refractivity contribution in [1.29, 1.82) is 0 Å². The van der Waals surface area contributed by atoms with Gasteiger partial charge >= 0.3 is 0 Å². The van der Waals surface area contributed by atoms with Gasteiger partial charge in [0.2, 0.25) is 10.0 Å². The van der Waals surface area contributed by atoms with Crippen LogP contribution in [0.5, 0.6) is 0 Å². The number of sulfonamides is 1. The molecule has 1 rings (SSSR count). The van der Waals surface area contributed by atoms with Crippen LogP contribution in [0.2, 0.25) is 0 Å². The Morgan fingerprint density at radius 1 is 1.19 bits per heavy atom. The summed E-state index contributed by atoms with van der Waals surface area (Å²) in [6.45, 7) is 4.40. The minimum Gasteiger partial charge on any atom is -0.395 e. The summed E-state index contributed by atoms with van der Waals surface area (Å²) in [5.74, 6) is 0. The van der Waals surface area contributed by atoms with E-state index in [2.05, 4.69) is 0 Å². The number of rotatable bonds is 9. The minimum absolute atomic E-state index is 0.0918. The molecule has 0 aliphatic heterocycles. The number of nitrogens with two attached hydrogens (primary N) is 1. The molecule has 0 saturated carbocycles. The zero-order valence-corrected chi connectivity index (χ0v) is 13.6. The largest absolute Gasteiger partial charge is 0.395 e. The first-order chi connectivity index (χ1) is 10.0. The molecule has 0 fully saturated rings. The van der Waals surface area contributed by atoms with Crippen molar-refractivity contribution < 1.29 is 13.5 Å². The lowest BCUT2D eigenvalue weighted by atomic mass is 10.2. The van der Waals surface area contributed by atoms with Crippen LogP contribution in [0.4, 0.5) is 0 Å². The maximum atomic E-state index is 12.7. The van der Waals surface area contributed by atoms with Crippen molar-refractivity contribution in [2.45, 2.75) is 44.0 Å². The highest BCUT2D eigenvalue weighted by Gasteiger charge is 2.29. The fourth-order valence-corrected chi connectivity index (χ4v) is 4.19. The molecular weight excluding hydrogens is 288 g/mol. The zero-order chi connectivity index (χ0) is 15.9. The summed E-state index contributed by atoms with van der Waals surface area (Å²) in [6.07, 6.45) is 2.18. The summed E-state index contributed by atoms with van der Waals surface area (Å²) >= 11 is 0. The van der Waals surface area contributed by atoms with Gasteiger partial charge in [-0.1, -0.05) is 26.0 Å². The fourth-order valence-electron chi connectivity index (χ4n) is 2.42. The fraction of sp³-hybridized carbons (Fsp3) is 0.600. The van der Waals surface area contributed by atoms with Gasteiger partial charge in [-0.2, -0.15) is 4.31 Å². The second kappa shape index (κ2) is 8.48. The third-order valence-electron chi connectivity index (χ3n) is 3.63. The van der Waals surface area contributed by atoms with Crippen LogP contribution in [0, 0.1) is 0 Å². The van der Waals surface area contributed by atoms with E-state index >= 15 is 0 Å². The monoisotopic (exact) mass is 314 g/mol. The van der Waals surface area contributed by atoms with Crippen LogP contribution < -0.4 is 5.73 Å². The molecule has 3 N–H and O–H groups in total. The van der Waals surface area contributed by atoms with Crippen molar-refractivity contribution >= 4 is 10.0 Å². The first-order valence-corrected chi connectivity index (χ1v) is 8.86. The van der Waals surface area contributed by atoms with Gasteiger partial charge in [-0.05, 0) is 43.5 Å². The molecule has 0 spiro atoms. The van der Waals surface area contributed by atoms with Crippen molar-refractivity contribution in [3.8, 4) is 0 Å². The topological polar surface area (TPSA) is 83.6 Å². The Morgan fingerprint density at radius 2 is 1.76 bits per heavy atom. The molecule has 0 unspecified atom stereocenters. The molecule has 0 aliphatic rings. The maximum absolute atomic E-state index is 12.7. The van der Waals surface area contributed by atoms with E-state index < -0.39 is 10.0 Å². The molecule has 0 aliphatic carbocycles. The first kappa shape index (κ1) is 18.1. The molecule has 1 aromatic rings. The van der Waals surface area contributed by atoms with E-state index in [4.69, 9.17) is 5.73 Å². The van der Waals surface area contributed by atoms with Crippen LogP contribution in [0.15, 0.2) is 29.2 Å². The molecule has 0 atom stereocenters. The smallest absolute Gasteiger partial charge is 0.243 e. The molecule has 0 radical (unpaired) electrons. The van der Waals surface area contributed by atoms with Crippen LogP contribution in [0.1, 0.15) is 32.3 Å². The second-order valence-electron chi connectivity index (χ2n) is 4.99. The molecule has 0 heterocycles. The third kappa shape index (κ3) is 4.51. The van der Waals surface area contributed by atoms with Crippen molar-refractivity contribution in [2.24, 2.45) is 5.73 Å². The lowest BCUT2D eigenvalue weighted by Gasteiger charge is -2.29. The van der Waals surface area contributed by atoms with Gasteiger partial charge in [0, 0.05) is 12.6 Å². The van der Waals surface area contributed by atoms with Crippen molar-refractivity contribution in [3.05, 3.63) is 29.8 Å². The zero-order valence-electron chi connectivity index (χ0n) is 12.8. The SMILES string of the molecule is CCC(CC)N(CCO)S(=O)(=O)c1ccc(CCN)cc1. The van der Waals surface area contributed by atoms with Gasteiger partial charge in [0.25, 0.3) is 0 Å². The Morgan fingerprint density at radius 3 is 2.19 bits per heavy atom. The molecule has 120 valence electrons. The highest BCUT2D eigenvalue weighted by atomic mass is 32.2. The van der Waals surface area contributed by atoms with Gasteiger partial charge in [-0.25, -0.2) is 8.42 Å². The first-order valence-electron chi connectivity index (χ1n) is 7.42. The van der Waals surface area contributed by atoms with Gasteiger partial charge < -0.3 is 10.8 Å². The Kier molecular flexibility index (Phi) is 7.31. The molecule has 6 heteroatoms. The number of benzene rings is 1. The molecule has 0 aromatic heterocycles. The van der Waals surface area contributed by atoms with Gasteiger partial charge in [0.1, 0.15) is 0 Å². The highest BCUT2D eigenvalue weighted by Crippen LogP contribution is 2.21. The lowest BCUT2D eigenvalue weighted by molar-refractivity contribution is 0.219. The number of nitrogens with zero attached hydrogens (tertiary/aromatic N) is 1. The molecule has 0 bridgehead atoms. The minimum atomic E-state index is -3.58. The van der Waals surface area contributed by atoms with Crippen molar-refractivity contribution in [1.82, 2.24) is 4.31 Å². The number of hydrogen-bond donors (Lipinski definition) is 2. The summed E-state index contributed by atoms with van der Waals surface area (Å²) in [4.78, 5) is 0.267. The standard InChI is InChI=1S/C15H26N2O3S/c1-3-14(4-2)17(11-12-18)21(19,20)15-7-5-13(6-8-15)9-10-16/h5-8,14,18H,3-4,9-12,16H2,1-2H3. The molecular formula is C15H26N2O3S. The summed E-state index contributed by atoms with van der Waals surface area (Å²) in [5, 5.41) is 9.18. The average Bonchev–Trinajstić information content (AvgIpc) is 2.48. The van der Waals surface area contributed by atoms with E-state index in [0.717, 1.165) is 24.8 Å². The van der Waals surface area contributed by atoms with Crippen molar-refractivity contribution in [2.75, 3.05) is 19.7 Å². The number of aliphatic hydroxyl groups is 1. The van der Waals surface area contributed by atoms with Crippen LogP contribution in [-0.4, -0.2) is 43.6 Å². The normalized spacial score (nSPS) is 12.3. The Hall–Kier alpha value is -0.950. The van der Waals surface area contributed by atoms with Gasteiger partial charge in [0.15, 0.2) is 0 Å². The molecule has 0 amide bonds. The lowest BCUT2D eigenvalue weighted by Crippen LogP contribution is -2.41. The highest BCUT2D eigenvalue weighted by molar-refractivity contribution is 7.89. The Bertz CT molecular complexity index is 510. The van der Waals surface area contributed by atoms with E-state index in [1.807, 2.05) is 13.8 Å². The quantitative estimate of drug-likeness (QED) is 0.721.